The number of rotatable bonds is 0. The molecular weight excluding hydrogens is 452 g/mol. The van der Waals surface area contributed by atoms with E-state index in [-0.39, 0.29) is 6.98 Å². The number of aromatic nitrogens is 2. The van der Waals surface area contributed by atoms with Crippen LogP contribution in [0.5, 0.6) is 0 Å². The predicted molar refractivity (Wildman–Crippen MR) is 127 cm³/mol. The average molecular weight is 464 g/mol. The van der Waals surface area contributed by atoms with Gasteiger partial charge >= 0.3 is 6.98 Å². The molecule has 5 heterocycles. The number of benzene rings is 3. The first-order chi connectivity index (χ1) is 17.0. The van der Waals surface area contributed by atoms with Gasteiger partial charge in [0.1, 0.15) is 40.1 Å². The van der Waals surface area contributed by atoms with Gasteiger partial charge < -0.3 is 8.96 Å². The molecule has 166 valence electrons. The first-order valence-corrected chi connectivity index (χ1v) is 11.1. The summed E-state index contributed by atoms with van der Waals surface area (Å²) in [6, 6.07) is 13.3. The first-order valence-electron chi connectivity index (χ1n) is 11.1. The molecule has 0 amide bonds. The van der Waals surface area contributed by atoms with E-state index in [4.69, 9.17) is 15.0 Å². The van der Waals surface area contributed by atoms with E-state index in [9.17, 15) is 13.2 Å². The molecule has 10 heteroatoms. The van der Waals surface area contributed by atoms with Crippen molar-refractivity contribution in [1.29, 1.82) is 0 Å². The zero-order chi connectivity index (χ0) is 23.6. The van der Waals surface area contributed by atoms with Crippen LogP contribution in [0.4, 0.5) is 24.8 Å². The minimum absolute atomic E-state index is 0.304. The van der Waals surface area contributed by atoms with Gasteiger partial charge in [-0.2, -0.15) is 0 Å². The summed E-state index contributed by atoms with van der Waals surface area (Å²) in [5.41, 5.74) is 2.22. The third-order valence-corrected chi connectivity index (χ3v) is 6.90. The van der Waals surface area contributed by atoms with Crippen molar-refractivity contribution >= 4 is 51.8 Å². The lowest BCUT2D eigenvalue weighted by Gasteiger charge is -2.20. The molecule has 0 unspecified atom stereocenters. The Kier molecular flexibility index (Phi) is 3.32. The Balaban J connectivity index is 1.67. The van der Waals surface area contributed by atoms with Gasteiger partial charge in [0, 0.05) is 32.7 Å². The van der Waals surface area contributed by atoms with E-state index in [0.29, 0.717) is 67.0 Å². The quantitative estimate of drug-likeness (QED) is 0.308. The molecule has 0 radical (unpaired) electrons. The molecule has 2 aromatic heterocycles. The van der Waals surface area contributed by atoms with Gasteiger partial charge in [-0.3, -0.25) is 0 Å². The maximum atomic E-state index is 14.4. The van der Waals surface area contributed by atoms with Crippen molar-refractivity contribution in [3.05, 3.63) is 94.2 Å². The lowest BCUT2D eigenvalue weighted by atomic mass is 9.78. The van der Waals surface area contributed by atoms with Gasteiger partial charge in [0.05, 0.1) is 0 Å². The van der Waals surface area contributed by atoms with Crippen LogP contribution < -0.4 is 11.0 Å². The summed E-state index contributed by atoms with van der Waals surface area (Å²) in [5.74, 6) is 0.519. The molecule has 0 N–H and O–H groups in total. The second-order valence-electron chi connectivity index (χ2n) is 8.83. The number of fused-ring (bicyclic) bond motifs is 10. The Hall–Kier alpha value is -4.47. The molecule has 0 spiro atoms. The van der Waals surface area contributed by atoms with Crippen LogP contribution >= 0.6 is 0 Å². The Labute approximate surface area is 195 Å². The number of hydrogen-bond donors (Lipinski definition) is 0. The summed E-state index contributed by atoms with van der Waals surface area (Å²) >= 11 is 0. The van der Waals surface area contributed by atoms with Gasteiger partial charge in [-0.25, -0.2) is 33.1 Å². The van der Waals surface area contributed by atoms with Gasteiger partial charge in [0.2, 0.25) is 0 Å². The Morgan fingerprint density at radius 1 is 0.571 bits per heavy atom. The van der Waals surface area contributed by atoms with Crippen LogP contribution in [0.25, 0.3) is 21.5 Å². The topological polar surface area (TPSA) is 59.3 Å². The van der Waals surface area contributed by atoms with E-state index in [2.05, 4.69) is 4.99 Å². The molecule has 0 aliphatic carbocycles. The molecule has 3 aromatic carbocycles. The van der Waals surface area contributed by atoms with E-state index in [1.807, 2.05) is 15.8 Å². The number of amidine groups is 2. The summed E-state index contributed by atoms with van der Waals surface area (Å²) in [6.07, 6.45) is 0. The number of aliphatic imine (C=N–C) groups is 2. The Morgan fingerprint density at radius 3 is 2.03 bits per heavy atom. The van der Waals surface area contributed by atoms with Crippen molar-refractivity contribution in [2.45, 2.75) is 6.82 Å². The molecule has 3 aliphatic rings. The molecule has 0 saturated carbocycles. The second kappa shape index (κ2) is 6.15. The molecule has 6 nitrogen and oxygen atoms in total. The second-order valence-corrected chi connectivity index (χ2v) is 8.83. The highest BCUT2D eigenvalue weighted by Crippen LogP contribution is 2.41. The highest BCUT2D eigenvalue weighted by Gasteiger charge is 2.33. The monoisotopic (exact) mass is 464 g/mol. The van der Waals surface area contributed by atoms with E-state index in [1.165, 1.54) is 36.4 Å². The van der Waals surface area contributed by atoms with Crippen molar-refractivity contribution in [2.75, 3.05) is 0 Å². The minimum Gasteiger partial charge on any atom is -0.334 e. The maximum absolute atomic E-state index is 14.4. The smallest absolute Gasteiger partial charge is 0.334 e. The van der Waals surface area contributed by atoms with Crippen LogP contribution in [-0.2, 0) is 0 Å². The standard InChI is InChI=1S/C25H12BF3N6/c1-26-34-22-15-6-3-13(29)10-19(15)25(34)33-23-16-7-4-12(28)9-18(16)24(35(23)26)31-20-14-5-2-11(27)8-17(14)21(30-20)32-22/h2-10H,1H3. The van der Waals surface area contributed by atoms with Gasteiger partial charge in [-0.15, -0.1) is 0 Å². The van der Waals surface area contributed by atoms with E-state index >= 15 is 0 Å². The lowest BCUT2D eigenvalue weighted by Crippen LogP contribution is -2.46. The maximum Gasteiger partial charge on any atom is 0.386 e. The fourth-order valence-corrected chi connectivity index (χ4v) is 5.38. The molecule has 3 aliphatic heterocycles. The average Bonchev–Trinajstić information content (AvgIpc) is 3.43. The predicted octanol–water partition coefficient (Wildman–Crippen LogP) is 4.26. The van der Waals surface area contributed by atoms with Crippen LogP contribution in [0.3, 0.4) is 0 Å². The third-order valence-electron chi connectivity index (χ3n) is 6.90. The highest BCUT2D eigenvalue weighted by molar-refractivity contribution is 6.56. The normalized spacial score (nSPS) is 15.0. The Morgan fingerprint density at radius 2 is 1.20 bits per heavy atom. The van der Waals surface area contributed by atoms with Crippen LogP contribution in [-0.4, -0.2) is 27.6 Å². The van der Waals surface area contributed by atoms with Gasteiger partial charge in [-0.1, -0.05) is 0 Å². The van der Waals surface area contributed by atoms with E-state index in [1.54, 1.807) is 18.2 Å². The number of halogens is 3. The molecule has 8 rings (SSSR count). The van der Waals surface area contributed by atoms with Crippen molar-refractivity contribution < 1.29 is 13.2 Å². The van der Waals surface area contributed by atoms with E-state index in [0.717, 1.165) is 0 Å². The molecule has 35 heavy (non-hydrogen) atoms. The SMILES string of the molecule is CB1n2c3c4ccc(F)cc4c2N=c2c4ccc(F)cc4c(n21)=NC1=NC(=N3)c2cc(F)ccc21. The molecular formula is C25H12BF3N6. The zero-order valence-corrected chi connectivity index (χ0v) is 18.1. The van der Waals surface area contributed by atoms with Crippen molar-refractivity contribution in [1.82, 2.24) is 8.96 Å². The van der Waals surface area contributed by atoms with Crippen LogP contribution in [0.15, 0.2) is 74.6 Å². The van der Waals surface area contributed by atoms with Crippen LogP contribution in [0.1, 0.15) is 11.1 Å². The van der Waals surface area contributed by atoms with Crippen molar-refractivity contribution in [3.8, 4) is 0 Å². The summed E-state index contributed by atoms with van der Waals surface area (Å²) in [6.45, 7) is 1.60. The summed E-state index contributed by atoms with van der Waals surface area (Å²) in [5, 5.41) is 2.59. The third kappa shape index (κ3) is 2.31. The number of nitrogens with zero attached hydrogens (tertiary/aromatic N) is 6. The van der Waals surface area contributed by atoms with Gasteiger partial charge in [0.25, 0.3) is 0 Å². The summed E-state index contributed by atoms with van der Waals surface area (Å²) in [4.78, 5) is 19.3. The molecule has 5 aromatic rings. The van der Waals surface area contributed by atoms with Crippen molar-refractivity contribution in [3.63, 3.8) is 0 Å². The van der Waals surface area contributed by atoms with E-state index < -0.39 is 17.5 Å². The van der Waals surface area contributed by atoms with Crippen LogP contribution in [0, 0.1) is 17.5 Å². The molecule has 4 bridgehead atoms. The highest BCUT2D eigenvalue weighted by atomic mass is 19.1. The molecule has 0 saturated heterocycles. The fourth-order valence-electron chi connectivity index (χ4n) is 5.38. The fraction of sp³-hybridized carbons (Fsp3) is 0.0400. The van der Waals surface area contributed by atoms with Crippen LogP contribution in [0.2, 0.25) is 6.82 Å². The molecule has 0 atom stereocenters. The van der Waals surface area contributed by atoms with Crippen molar-refractivity contribution in [2.24, 2.45) is 20.0 Å². The molecule has 0 fully saturated rings. The van der Waals surface area contributed by atoms with Gasteiger partial charge in [-0.05, 0) is 61.4 Å². The minimum atomic E-state index is -0.420. The zero-order valence-electron chi connectivity index (χ0n) is 18.1. The Bertz CT molecular complexity index is 2020. The number of hydrogen-bond acceptors (Lipinski definition) is 4. The lowest BCUT2D eigenvalue weighted by molar-refractivity contribution is 0.627. The first kappa shape index (κ1) is 18.9. The van der Waals surface area contributed by atoms with Gasteiger partial charge in [0.15, 0.2) is 11.7 Å². The summed E-state index contributed by atoms with van der Waals surface area (Å²) in [7, 11) is 0. The summed E-state index contributed by atoms with van der Waals surface area (Å²) < 4.78 is 46.8. The largest absolute Gasteiger partial charge is 0.386 e.